The van der Waals surface area contributed by atoms with Gasteiger partial charge < -0.3 is 28.8 Å². The lowest BCUT2D eigenvalue weighted by atomic mass is 9.84. The minimum atomic E-state index is -0.445. The van der Waals surface area contributed by atoms with Gasteiger partial charge in [0.1, 0.15) is 23.9 Å². The number of esters is 1. The van der Waals surface area contributed by atoms with Gasteiger partial charge in [-0.2, -0.15) is 0 Å². The van der Waals surface area contributed by atoms with Crippen molar-refractivity contribution in [3.05, 3.63) is 54.1 Å². The van der Waals surface area contributed by atoms with Crippen LogP contribution >= 0.6 is 0 Å². The summed E-state index contributed by atoms with van der Waals surface area (Å²) >= 11 is 0. The molecule has 0 aliphatic carbocycles. The third-order valence-electron chi connectivity index (χ3n) is 5.41. The monoisotopic (exact) mass is 444 g/mol. The SMILES string of the molecule is CCC1(COCCCCOc2ccc(C(=O)Oc3ccc(OCCO)cc3)cc2)COC1. The number of ether oxygens (including phenoxy) is 5. The molecule has 1 saturated heterocycles. The minimum absolute atomic E-state index is 0.0549. The summed E-state index contributed by atoms with van der Waals surface area (Å²) in [5.74, 6) is 1.29. The molecule has 32 heavy (non-hydrogen) atoms. The molecular weight excluding hydrogens is 412 g/mol. The van der Waals surface area contributed by atoms with E-state index in [0.29, 0.717) is 29.4 Å². The van der Waals surface area contributed by atoms with Crippen LogP contribution in [0.1, 0.15) is 36.5 Å². The number of carbonyl (C=O) groups is 1. The van der Waals surface area contributed by atoms with Crippen molar-refractivity contribution in [2.24, 2.45) is 5.41 Å². The number of rotatable bonds is 14. The smallest absolute Gasteiger partial charge is 0.343 e. The number of carbonyl (C=O) groups excluding carboxylic acids is 1. The molecule has 2 aromatic carbocycles. The van der Waals surface area contributed by atoms with Gasteiger partial charge in [-0.25, -0.2) is 4.79 Å². The van der Waals surface area contributed by atoms with Crippen LogP contribution in [0.5, 0.6) is 17.2 Å². The van der Waals surface area contributed by atoms with Crippen molar-refractivity contribution in [3.8, 4) is 17.2 Å². The van der Waals surface area contributed by atoms with E-state index in [-0.39, 0.29) is 18.6 Å². The lowest BCUT2D eigenvalue weighted by Crippen LogP contribution is -2.45. The van der Waals surface area contributed by atoms with Gasteiger partial charge in [0.25, 0.3) is 0 Å². The summed E-state index contributed by atoms with van der Waals surface area (Å²) < 4.78 is 27.5. The average molecular weight is 445 g/mol. The first-order chi connectivity index (χ1) is 15.6. The highest BCUT2D eigenvalue weighted by atomic mass is 16.5. The Labute approximate surface area is 189 Å². The molecule has 0 amide bonds. The molecule has 0 unspecified atom stereocenters. The average Bonchev–Trinajstić information content (AvgIpc) is 2.80. The summed E-state index contributed by atoms with van der Waals surface area (Å²) in [4.78, 5) is 12.3. The molecule has 1 N–H and O–H groups in total. The maximum Gasteiger partial charge on any atom is 0.343 e. The second kappa shape index (κ2) is 12.4. The van der Waals surface area contributed by atoms with E-state index in [4.69, 9.17) is 28.8 Å². The molecule has 1 fully saturated rings. The van der Waals surface area contributed by atoms with Gasteiger partial charge in [0.05, 0.1) is 38.6 Å². The van der Waals surface area contributed by atoms with E-state index < -0.39 is 5.97 Å². The Morgan fingerprint density at radius 1 is 0.906 bits per heavy atom. The van der Waals surface area contributed by atoms with Crippen LogP contribution in [0, 0.1) is 5.41 Å². The highest BCUT2D eigenvalue weighted by Crippen LogP contribution is 2.31. The zero-order valence-corrected chi connectivity index (χ0v) is 18.6. The van der Waals surface area contributed by atoms with Gasteiger partial charge in [0, 0.05) is 12.0 Å². The maximum atomic E-state index is 12.3. The lowest BCUT2D eigenvalue weighted by Gasteiger charge is -2.40. The Balaban J connectivity index is 1.32. The van der Waals surface area contributed by atoms with Crippen LogP contribution < -0.4 is 14.2 Å². The van der Waals surface area contributed by atoms with Crippen LogP contribution in [-0.2, 0) is 9.47 Å². The van der Waals surface area contributed by atoms with Crippen molar-refractivity contribution in [1.29, 1.82) is 0 Å². The van der Waals surface area contributed by atoms with E-state index in [2.05, 4.69) is 6.92 Å². The van der Waals surface area contributed by atoms with Crippen LogP contribution in [0.3, 0.4) is 0 Å². The summed E-state index contributed by atoms with van der Waals surface area (Å²) in [6.07, 6.45) is 2.93. The van der Waals surface area contributed by atoms with Gasteiger partial charge in [0.15, 0.2) is 0 Å². The first-order valence-corrected chi connectivity index (χ1v) is 11.1. The molecule has 0 bridgehead atoms. The lowest BCUT2D eigenvalue weighted by molar-refractivity contribution is -0.150. The number of aliphatic hydroxyl groups excluding tert-OH is 1. The fourth-order valence-corrected chi connectivity index (χ4v) is 3.19. The van der Waals surface area contributed by atoms with Crippen molar-refractivity contribution < 1.29 is 33.6 Å². The molecular formula is C25H32O7. The molecule has 7 nitrogen and oxygen atoms in total. The molecule has 1 aliphatic rings. The molecule has 0 saturated carbocycles. The second-order valence-electron chi connectivity index (χ2n) is 7.91. The van der Waals surface area contributed by atoms with E-state index in [1.807, 2.05) is 0 Å². The minimum Gasteiger partial charge on any atom is -0.494 e. The van der Waals surface area contributed by atoms with Crippen LogP contribution in [0.2, 0.25) is 0 Å². The quantitative estimate of drug-likeness (QED) is 0.269. The highest BCUT2D eigenvalue weighted by Gasteiger charge is 2.36. The fraction of sp³-hybridized carbons (Fsp3) is 0.480. The predicted molar refractivity (Wildman–Crippen MR) is 120 cm³/mol. The van der Waals surface area contributed by atoms with Crippen LogP contribution in [-0.4, -0.2) is 57.3 Å². The molecule has 1 aliphatic heterocycles. The number of hydrogen-bond donors (Lipinski definition) is 1. The molecule has 3 rings (SSSR count). The van der Waals surface area contributed by atoms with E-state index in [1.165, 1.54) is 0 Å². The molecule has 0 radical (unpaired) electrons. The topological polar surface area (TPSA) is 83.5 Å². The number of aliphatic hydroxyl groups is 1. The van der Waals surface area contributed by atoms with Crippen molar-refractivity contribution >= 4 is 5.97 Å². The van der Waals surface area contributed by atoms with Gasteiger partial charge in [-0.05, 0) is 67.8 Å². The summed E-state index contributed by atoms with van der Waals surface area (Å²) in [5.41, 5.74) is 0.675. The number of benzene rings is 2. The van der Waals surface area contributed by atoms with Gasteiger partial charge in [-0.15, -0.1) is 0 Å². The molecule has 174 valence electrons. The van der Waals surface area contributed by atoms with Crippen molar-refractivity contribution in [2.75, 3.05) is 46.2 Å². The molecule has 1 heterocycles. The maximum absolute atomic E-state index is 12.3. The summed E-state index contributed by atoms with van der Waals surface area (Å²) in [6.45, 7) is 6.05. The fourth-order valence-electron chi connectivity index (χ4n) is 3.19. The molecule has 7 heteroatoms. The van der Waals surface area contributed by atoms with Gasteiger partial charge in [-0.1, -0.05) is 6.92 Å². The molecule has 2 aromatic rings. The van der Waals surface area contributed by atoms with Crippen molar-refractivity contribution in [2.45, 2.75) is 26.2 Å². The van der Waals surface area contributed by atoms with Gasteiger partial charge in [0.2, 0.25) is 0 Å². The van der Waals surface area contributed by atoms with Crippen molar-refractivity contribution in [3.63, 3.8) is 0 Å². The highest BCUT2D eigenvalue weighted by molar-refractivity contribution is 5.91. The Morgan fingerprint density at radius 2 is 1.50 bits per heavy atom. The first-order valence-electron chi connectivity index (χ1n) is 11.1. The van der Waals surface area contributed by atoms with E-state index >= 15 is 0 Å². The van der Waals surface area contributed by atoms with Crippen molar-refractivity contribution in [1.82, 2.24) is 0 Å². The Morgan fingerprint density at radius 3 is 2.09 bits per heavy atom. The second-order valence-corrected chi connectivity index (χ2v) is 7.91. The third kappa shape index (κ3) is 7.22. The summed E-state index contributed by atoms with van der Waals surface area (Å²) in [6, 6.07) is 13.6. The normalized spacial score (nSPS) is 14.4. The first kappa shape index (κ1) is 24.0. The van der Waals surface area contributed by atoms with E-state index in [0.717, 1.165) is 45.7 Å². The summed E-state index contributed by atoms with van der Waals surface area (Å²) in [7, 11) is 0. The van der Waals surface area contributed by atoms with Gasteiger partial charge in [-0.3, -0.25) is 0 Å². The number of hydrogen-bond acceptors (Lipinski definition) is 7. The zero-order valence-electron chi connectivity index (χ0n) is 18.6. The van der Waals surface area contributed by atoms with Gasteiger partial charge >= 0.3 is 5.97 Å². The molecule has 0 aromatic heterocycles. The third-order valence-corrected chi connectivity index (χ3v) is 5.41. The Hall–Kier alpha value is -2.61. The summed E-state index contributed by atoms with van der Waals surface area (Å²) in [5, 5.41) is 8.77. The standard InChI is InChI=1S/C25H32O7/c1-2-25(18-29-19-25)17-28-14-3-4-15-30-21-7-5-20(6-8-21)24(27)32-23-11-9-22(10-12-23)31-16-13-26/h5-12,26H,2-4,13-19H2,1H3. The zero-order chi connectivity index (χ0) is 22.7. The largest absolute Gasteiger partial charge is 0.494 e. The van der Waals surface area contributed by atoms with E-state index in [1.54, 1.807) is 48.5 Å². The Bertz CT molecular complexity index is 808. The predicted octanol–water partition coefficient (Wildman–Crippen LogP) is 3.88. The Kier molecular flexibility index (Phi) is 9.34. The van der Waals surface area contributed by atoms with Crippen LogP contribution in [0.4, 0.5) is 0 Å². The molecule has 0 spiro atoms. The van der Waals surface area contributed by atoms with Crippen LogP contribution in [0.15, 0.2) is 48.5 Å². The van der Waals surface area contributed by atoms with E-state index in [9.17, 15) is 4.79 Å². The number of unbranched alkanes of at least 4 members (excludes halogenated alkanes) is 1. The van der Waals surface area contributed by atoms with Crippen LogP contribution in [0.25, 0.3) is 0 Å². The molecule has 0 atom stereocenters.